The van der Waals surface area contributed by atoms with Crippen LogP contribution in [-0.4, -0.2) is 39.2 Å². The van der Waals surface area contributed by atoms with Crippen molar-refractivity contribution in [3.8, 4) is 5.75 Å². The number of hydrogen-bond donors (Lipinski definition) is 1. The van der Waals surface area contributed by atoms with Crippen LogP contribution < -0.4 is 10.1 Å². The highest BCUT2D eigenvalue weighted by Crippen LogP contribution is 2.38. The first-order valence-electron chi connectivity index (χ1n) is 16.3. The van der Waals surface area contributed by atoms with Gasteiger partial charge in [0.05, 0.1) is 10.4 Å². The van der Waals surface area contributed by atoms with E-state index in [2.05, 4.69) is 41.7 Å². The Morgan fingerprint density at radius 1 is 0.673 bits per heavy atom. The van der Waals surface area contributed by atoms with Crippen LogP contribution in [-0.2, 0) is 35.8 Å². The fourth-order valence-electron chi connectivity index (χ4n) is 5.68. The van der Waals surface area contributed by atoms with Gasteiger partial charge in [-0.2, -0.15) is 8.42 Å². The first kappa shape index (κ1) is 35.5. The lowest BCUT2D eigenvalue weighted by atomic mass is 9.76. The molecule has 7 nitrogen and oxygen atoms in total. The van der Waals surface area contributed by atoms with Crippen molar-refractivity contribution in [3.05, 3.63) is 167 Å². The molecule has 0 radical (unpaired) electrons. The maximum atomic E-state index is 14.0. The third-order valence-corrected chi connectivity index (χ3v) is 9.29. The van der Waals surface area contributed by atoms with Crippen molar-refractivity contribution < 1.29 is 26.9 Å². The monoisotopic (exact) mass is 677 g/mol. The van der Waals surface area contributed by atoms with Crippen molar-refractivity contribution in [2.24, 2.45) is 0 Å². The Kier molecular flexibility index (Phi) is 11.3. The van der Waals surface area contributed by atoms with E-state index in [9.17, 15) is 13.2 Å². The summed E-state index contributed by atoms with van der Waals surface area (Å²) in [5.41, 5.74) is 3.22. The topological polar surface area (TPSA) is 90.9 Å². The summed E-state index contributed by atoms with van der Waals surface area (Å²) in [7, 11) is -3.88. The van der Waals surface area contributed by atoms with Gasteiger partial charge in [-0.25, -0.2) is 0 Å². The van der Waals surface area contributed by atoms with Gasteiger partial charge in [0.25, 0.3) is 10.1 Å². The molecule has 1 unspecified atom stereocenters. The molecule has 49 heavy (non-hydrogen) atoms. The molecule has 0 saturated carbocycles. The molecular weight excluding hydrogens is 635 g/mol. The van der Waals surface area contributed by atoms with E-state index in [1.807, 2.05) is 94.4 Å². The van der Waals surface area contributed by atoms with Crippen LogP contribution >= 0.6 is 0 Å². The second kappa shape index (κ2) is 15.6. The van der Waals surface area contributed by atoms with Crippen LogP contribution in [0.5, 0.6) is 5.75 Å². The average molecular weight is 678 g/mol. The lowest BCUT2D eigenvalue weighted by Gasteiger charge is -2.40. The predicted molar refractivity (Wildman–Crippen MR) is 192 cm³/mol. The van der Waals surface area contributed by atoms with E-state index in [4.69, 9.17) is 13.7 Å². The number of rotatable bonds is 14. The Bertz CT molecular complexity index is 1790. The summed E-state index contributed by atoms with van der Waals surface area (Å²) in [5, 5.41) is 3.80. The molecule has 0 saturated heterocycles. The molecule has 5 aromatic carbocycles. The van der Waals surface area contributed by atoms with Crippen LogP contribution in [0.3, 0.4) is 0 Å². The van der Waals surface area contributed by atoms with Gasteiger partial charge in [0, 0.05) is 0 Å². The summed E-state index contributed by atoms with van der Waals surface area (Å²) < 4.78 is 41.9. The summed E-state index contributed by atoms with van der Waals surface area (Å²) >= 11 is 0. The van der Waals surface area contributed by atoms with Crippen LogP contribution in [0, 0.1) is 6.92 Å². The van der Waals surface area contributed by atoms with E-state index >= 15 is 0 Å². The highest BCUT2D eigenvalue weighted by atomic mass is 32.2. The largest absolute Gasteiger partial charge is 0.491 e. The molecule has 0 spiro atoms. The van der Waals surface area contributed by atoms with Crippen LogP contribution in [0.2, 0.25) is 0 Å². The number of nitrogens with one attached hydrogen (secondary N) is 1. The summed E-state index contributed by atoms with van der Waals surface area (Å²) in [6.45, 7) is 7.38. The minimum Gasteiger partial charge on any atom is -0.491 e. The zero-order chi connectivity index (χ0) is 34.9. The number of ether oxygens (including phenoxy) is 2. The highest BCUT2D eigenvalue weighted by Gasteiger charge is 2.41. The van der Waals surface area contributed by atoms with E-state index in [1.165, 1.54) is 12.1 Å². The number of esters is 1. The van der Waals surface area contributed by atoms with Gasteiger partial charge >= 0.3 is 5.97 Å². The predicted octanol–water partition coefficient (Wildman–Crippen LogP) is 7.61. The van der Waals surface area contributed by atoms with Crippen molar-refractivity contribution in [2.45, 2.75) is 56.2 Å². The van der Waals surface area contributed by atoms with Crippen molar-refractivity contribution in [1.82, 2.24) is 5.32 Å². The third kappa shape index (κ3) is 9.23. The number of aryl methyl sites for hydroxylation is 1. The van der Waals surface area contributed by atoms with Gasteiger partial charge in [-0.1, -0.05) is 121 Å². The zero-order valence-electron chi connectivity index (χ0n) is 28.3. The molecule has 0 aliphatic carbocycles. The average Bonchev–Trinajstić information content (AvgIpc) is 3.10. The zero-order valence-corrected chi connectivity index (χ0v) is 29.2. The number of carbonyl (C=O) groups excluding carboxylic acids is 1. The molecular formula is C41H43NO6S. The van der Waals surface area contributed by atoms with Crippen LogP contribution in [0.1, 0.15) is 48.6 Å². The number of carbonyl (C=O) groups is 1. The molecule has 0 fully saturated rings. The summed E-state index contributed by atoms with van der Waals surface area (Å²) in [6, 6.07) is 43.5. The van der Waals surface area contributed by atoms with Crippen molar-refractivity contribution in [2.75, 3.05) is 13.2 Å². The molecule has 0 aromatic heterocycles. The number of hydrogen-bond acceptors (Lipinski definition) is 7. The lowest BCUT2D eigenvalue weighted by molar-refractivity contribution is -0.157. The minimum absolute atomic E-state index is 0.0419. The van der Waals surface area contributed by atoms with Crippen molar-refractivity contribution in [3.63, 3.8) is 0 Å². The second-order valence-corrected chi connectivity index (χ2v) is 14.5. The summed E-state index contributed by atoms with van der Waals surface area (Å²) in [6.07, 6.45) is 0.335. The van der Waals surface area contributed by atoms with Crippen molar-refractivity contribution >= 4 is 16.1 Å². The Balaban J connectivity index is 1.38. The third-order valence-electron chi connectivity index (χ3n) is 7.97. The van der Waals surface area contributed by atoms with Gasteiger partial charge in [0.2, 0.25) is 0 Å². The molecule has 5 rings (SSSR count). The SMILES string of the molecule is Cc1ccc(S(=O)(=O)OCCOc2ccc(CC(NC(c3ccccc3)(c3ccccc3)c3ccccc3)C(=O)OC(C)(C)C)cc2)cc1. The van der Waals surface area contributed by atoms with Gasteiger partial charge in [-0.15, -0.1) is 0 Å². The van der Waals surface area contributed by atoms with Crippen LogP contribution in [0.25, 0.3) is 0 Å². The van der Waals surface area contributed by atoms with E-state index in [1.54, 1.807) is 24.3 Å². The molecule has 0 heterocycles. The number of benzene rings is 5. The van der Waals surface area contributed by atoms with Gasteiger partial charge in [0.1, 0.15) is 30.6 Å². The van der Waals surface area contributed by atoms with Crippen molar-refractivity contribution in [1.29, 1.82) is 0 Å². The van der Waals surface area contributed by atoms with E-state index < -0.39 is 27.3 Å². The Labute approximate surface area is 290 Å². The molecule has 5 aromatic rings. The molecule has 0 amide bonds. The second-order valence-electron chi connectivity index (χ2n) is 12.9. The fourth-order valence-corrected chi connectivity index (χ4v) is 6.57. The first-order valence-corrected chi connectivity index (χ1v) is 17.7. The Morgan fingerprint density at radius 2 is 1.16 bits per heavy atom. The van der Waals surface area contributed by atoms with Gasteiger partial charge < -0.3 is 9.47 Å². The Morgan fingerprint density at radius 3 is 1.63 bits per heavy atom. The fraction of sp³-hybridized carbons (Fsp3) is 0.244. The van der Waals surface area contributed by atoms with E-state index in [-0.39, 0.29) is 24.1 Å². The normalized spacial score (nSPS) is 12.7. The van der Waals surface area contributed by atoms with E-state index in [0.717, 1.165) is 27.8 Å². The molecule has 254 valence electrons. The highest BCUT2D eigenvalue weighted by molar-refractivity contribution is 7.86. The quantitative estimate of drug-likeness (QED) is 0.0560. The molecule has 0 aliphatic rings. The summed E-state index contributed by atoms with van der Waals surface area (Å²) in [5.74, 6) is 0.181. The minimum atomic E-state index is -3.88. The van der Waals surface area contributed by atoms with Gasteiger partial charge in [-0.3, -0.25) is 14.3 Å². The molecule has 8 heteroatoms. The van der Waals surface area contributed by atoms with Gasteiger partial charge in [0.15, 0.2) is 0 Å². The molecule has 1 N–H and O–H groups in total. The maximum Gasteiger partial charge on any atom is 0.324 e. The summed E-state index contributed by atoms with van der Waals surface area (Å²) in [4.78, 5) is 14.1. The van der Waals surface area contributed by atoms with Crippen LogP contribution in [0.4, 0.5) is 0 Å². The lowest BCUT2D eigenvalue weighted by Crippen LogP contribution is -2.54. The smallest absolute Gasteiger partial charge is 0.324 e. The molecule has 1 atom stereocenters. The maximum absolute atomic E-state index is 14.0. The molecule has 0 bridgehead atoms. The standard InChI is InChI=1S/C41H43NO6S/c1-31-20-26-37(27-21-31)49(44,45)47-29-28-46-36-24-22-32(23-25-36)30-38(39(43)48-40(2,3)4)42-41(33-14-8-5-9-15-33,34-16-10-6-11-17-34)35-18-12-7-13-19-35/h5-27,38,42H,28-30H2,1-4H3. The molecule has 0 aliphatic heterocycles. The van der Waals surface area contributed by atoms with Gasteiger partial charge in [-0.05, 0) is 80.6 Å². The Hall–Kier alpha value is -4.76. The first-order chi connectivity index (χ1) is 23.5. The van der Waals surface area contributed by atoms with E-state index in [0.29, 0.717) is 12.2 Å². The van der Waals surface area contributed by atoms with Crippen LogP contribution in [0.15, 0.2) is 144 Å².